The molecule has 8 nitrogen and oxygen atoms in total. The first-order valence-corrected chi connectivity index (χ1v) is 12.6. The van der Waals surface area contributed by atoms with Gasteiger partial charge >= 0.3 is 5.97 Å². The number of fused-ring (bicyclic) bond motifs is 1. The maximum absolute atomic E-state index is 12.9. The molecule has 2 saturated heterocycles. The summed E-state index contributed by atoms with van der Waals surface area (Å²) in [6, 6.07) is 2.99. The highest BCUT2D eigenvalue weighted by molar-refractivity contribution is 8.00. The van der Waals surface area contributed by atoms with Gasteiger partial charge in [-0.25, -0.2) is 4.79 Å². The van der Waals surface area contributed by atoms with Crippen LogP contribution in [0.25, 0.3) is 0 Å². The van der Waals surface area contributed by atoms with Crippen LogP contribution in [0.5, 0.6) is 0 Å². The van der Waals surface area contributed by atoms with Gasteiger partial charge in [0.05, 0.1) is 6.42 Å². The SMILES string of the molecule is O=C(Cc1cccs1)N[C@@H]1C(=O)N2C(C(=O)O)=C(C(CC3CC3)=C3CCNC3=O)CS[C@H]12. The van der Waals surface area contributed by atoms with Gasteiger partial charge in [-0.05, 0) is 54.2 Å². The molecule has 3 fully saturated rings. The molecule has 10 heteroatoms. The predicted octanol–water partition coefficient (Wildman–Crippen LogP) is 1.65. The Morgan fingerprint density at radius 3 is 2.72 bits per heavy atom. The number of carboxylic acids is 1. The summed E-state index contributed by atoms with van der Waals surface area (Å²) in [4.78, 5) is 52.2. The molecule has 0 radical (unpaired) electrons. The Morgan fingerprint density at radius 1 is 1.28 bits per heavy atom. The number of hydrogen-bond donors (Lipinski definition) is 3. The normalized spacial score (nSPS) is 26.4. The molecule has 0 unspecified atom stereocenters. The lowest BCUT2D eigenvalue weighted by molar-refractivity contribution is -0.150. The van der Waals surface area contributed by atoms with E-state index in [1.54, 1.807) is 0 Å². The molecule has 0 spiro atoms. The van der Waals surface area contributed by atoms with Crippen molar-refractivity contribution in [2.24, 2.45) is 5.92 Å². The highest BCUT2D eigenvalue weighted by atomic mass is 32.2. The van der Waals surface area contributed by atoms with Crippen LogP contribution >= 0.6 is 23.1 Å². The second kappa shape index (κ2) is 8.40. The maximum Gasteiger partial charge on any atom is 0.352 e. The molecule has 4 aliphatic rings. The number of rotatable bonds is 7. The average molecular weight is 474 g/mol. The fraction of sp³-hybridized carbons (Fsp3) is 0.455. The van der Waals surface area contributed by atoms with E-state index in [0.29, 0.717) is 42.2 Å². The third-order valence-electron chi connectivity index (χ3n) is 6.26. The zero-order valence-corrected chi connectivity index (χ0v) is 18.9. The molecule has 4 heterocycles. The fourth-order valence-electron chi connectivity index (χ4n) is 4.49. The van der Waals surface area contributed by atoms with Crippen LogP contribution < -0.4 is 10.6 Å². The Morgan fingerprint density at radius 2 is 2.09 bits per heavy atom. The van der Waals surface area contributed by atoms with E-state index >= 15 is 0 Å². The molecule has 1 aromatic heterocycles. The van der Waals surface area contributed by atoms with Crippen molar-refractivity contribution in [1.82, 2.24) is 15.5 Å². The van der Waals surface area contributed by atoms with Crippen LogP contribution in [0.15, 0.2) is 39.9 Å². The van der Waals surface area contributed by atoms with Crippen molar-refractivity contribution >= 4 is 46.8 Å². The van der Waals surface area contributed by atoms with E-state index in [2.05, 4.69) is 10.6 Å². The van der Waals surface area contributed by atoms with E-state index < -0.39 is 23.3 Å². The van der Waals surface area contributed by atoms with Gasteiger partial charge in [-0.1, -0.05) is 6.07 Å². The van der Waals surface area contributed by atoms with Crippen molar-refractivity contribution in [3.05, 3.63) is 44.8 Å². The molecular weight excluding hydrogens is 450 g/mol. The first-order valence-electron chi connectivity index (χ1n) is 10.7. The van der Waals surface area contributed by atoms with Gasteiger partial charge in [-0.2, -0.15) is 0 Å². The van der Waals surface area contributed by atoms with E-state index in [9.17, 15) is 24.3 Å². The zero-order chi connectivity index (χ0) is 22.4. The van der Waals surface area contributed by atoms with Gasteiger partial charge in [0.15, 0.2) is 0 Å². The number of nitrogens with zero attached hydrogens (tertiary/aromatic N) is 1. The van der Waals surface area contributed by atoms with Crippen LogP contribution in [0, 0.1) is 5.92 Å². The molecule has 0 aromatic carbocycles. The molecular formula is C22H23N3O5S2. The summed E-state index contributed by atoms with van der Waals surface area (Å²) in [5, 5.41) is 17.1. The van der Waals surface area contributed by atoms with Crippen molar-refractivity contribution in [3.63, 3.8) is 0 Å². The van der Waals surface area contributed by atoms with Gasteiger partial charge in [0, 0.05) is 22.7 Å². The monoisotopic (exact) mass is 473 g/mol. The topological polar surface area (TPSA) is 116 Å². The summed E-state index contributed by atoms with van der Waals surface area (Å²) in [6.07, 6.45) is 3.58. The van der Waals surface area contributed by atoms with Crippen LogP contribution in [0.1, 0.15) is 30.6 Å². The second-order valence-electron chi connectivity index (χ2n) is 8.45. The van der Waals surface area contributed by atoms with Crippen molar-refractivity contribution in [2.75, 3.05) is 12.3 Å². The summed E-state index contributed by atoms with van der Waals surface area (Å²) in [5.74, 6) is -1.12. The molecule has 32 heavy (non-hydrogen) atoms. The van der Waals surface area contributed by atoms with E-state index in [1.165, 1.54) is 28.0 Å². The summed E-state index contributed by atoms with van der Waals surface area (Å²) >= 11 is 2.92. The number of carbonyl (C=O) groups is 4. The van der Waals surface area contributed by atoms with E-state index in [4.69, 9.17) is 0 Å². The number of carbonyl (C=O) groups excluding carboxylic acids is 3. The van der Waals surface area contributed by atoms with Crippen molar-refractivity contribution in [3.8, 4) is 0 Å². The first-order chi connectivity index (χ1) is 15.4. The first kappa shape index (κ1) is 21.3. The molecule has 1 saturated carbocycles. The number of nitrogens with one attached hydrogen (secondary N) is 2. The van der Waals surface area contributed by atoms with Gasteiger partial charge in [0.1, 0.15) is 17.1 Å². The lowest BCUT2D eigenvalue weighted by atomic mass is 9.91. The minimum Gasteiger partial charge on any atom is -0.477 e. The molecule has 1 aliphatic carbocycles. The van der Waals surface area contributed by atoms with Crippen LogP contribution in [-0.4, -0.2) is 57.4 Å². The van der Waals surface area contributed by atoms with E-state index in [0.717, 1.165) is 23.3 Å². The second-order valence-corrected chi connectivity index (χ2v) is 10.6. The number of thiophene rings is 1. The summed E-state index contributed by atoms with van der Waals surface area (Å²) in [7, 11) is 0. The number of allylic oxidation sites excluding steroid dienone is 1. The number of β-lactam (4-membered cyclic amide) rings is 1. The zero-order valence-electron chi connectivity index (χ0n) is 17.3. The number of carboxylic acid groups (broad SMARTS) is 1. The Labute approximate surface area is 193 Å². The summed E-state index contributed by atoms with van der Waals surface area (Å²) < 4.78 is 0. The maximum atomic E-state index is 12.9. The van der Waals surface area contributed by atoms with E-state index in [1.807, 2.05) is 17.5 Å². The van der Waals surface area contributed by atoms with Gasteiger partial charge in [-0.3, -0.25) is 19.3 Å². The molecule has 3 aliphatic heterocycles. The Hall–Kier alpha value is -2.59. The van der Waals surface area contributed by atoms with Gasteiger partial charge < -0.3 is 15.7 Å². The minimum absolute atomic E-state index is 0.0367. The lowest BCUT2D eigenvalue weighted by Crippen LogP contribution is -2.70. The van der Waals surface area contributed by atoms with Crippen LogP contribution in [0.3, 0.4) is 0 Å². The molecule has 0 bridgehead atoms. The quantitative estimate of drug-likeness (QED) is 0.410. The van der Waals surface area contributed by atoms with E-state index in [-0.39, 0.29) is 23.9 Å². The van der Waals surface area contributed by atoms with Gasteiger partial charge in [-0.15, -0.1) is 23.1 Å². The Balaban J connectivity index is 1.41. The third-order valence-corrected chi connectivity index (χ3v) is 8.41. The molecule has 2 atom stereocenters. The standard InChI is InChI=1S/C22H23N3O5S2/c26-16(9-12-2-1-7-31-12)24-17-20(28)25-18(22(29)30)15(10-32-21(17)25)14(8-11-3-4-11)13-5-6-23-19(13)27/h1-2,7,11,17,21H,3-6,8-10H2,(H,23,27)(H,24,26)(H,29,30)/t17-,21-/m1/s1. The largest absolute Gasteiger partial charge is 0.477 e. The van der Waals surface area contributed by atoms with Crippen molar-refractivity contribution < 1.29 is 24.3 Å². The summed E-state index contributed by atoms with van der Waals surface area (Å²) in [6.45, 7) is 0.550. The van der Waals surface area contributed by atoms with Gasteiger partial charge in [0.25, 0.3) is 5.91 Å². The van der Waals surface area contributed by atoms with Gasteiger partial charge in [0.2, 0.25) is 11.8 Å². The molecule has 3 N–H and O–H groups in total. The predicted molar refractivity (Wildman–Crippen MR) is 120 cm³/mol. The highest BCUT2D eigenvalue weighted by Crippen LogP contribution is 2.46. The number of amides is 3. The molecule has 168 valence electrons. The third kappa shape index (κ3) is 3.86. The number of aliphatic carboxylic acids is 1. The number of hydrogen-bond acceptors (Lipinski definition) is 6. The van der Waals surface area contributed by atoms with Crippen LogP contribution in [-0.2, 0) is 25.6 Å². The minimum atomic E-state index is -1.17. The van der Waals surface area contributed by atoms with Crippen molar-refractivity contribution in [1.29, 1.82) is 0 Å². The Kier molecular flexibility index (Phi) is 5.58. The average Bonchev–Trinajstić information content (AvgIpc) is 3.25. The van der Waals surface area contributed by atoms with Crippen LogP contribution in [0.2, 0.25) is 0 Å². The van der Waals surface area contributed by atoms with Crippen LogP contribution in [0.4, 0.5) is 0 Å². The highest BCUT2D eigenvalue weighted by Gasteiger charge is 2.54. The molecule has 1 aromatic rings. The number of thioether (sulfide) groups is 1. The Bertz CT molecular complexity index is 1060. The molecule has 5 rings (SSSR count). The summed E-state index contributed by atoms with van der Waals surface area (Å²) in [5.41, 5.74) is 1.99. The molecule has 3 amide bonds. The smallest absolute Gasteiger partial charge is 0.352 e. The van der Waals surface area contributed by atoms with Crippen molar-refractivity contribution in [2.45, 2.75) is 43.5 Å². The fourth-order valence-corrected chi connectivity index (χ4v) is 6.58. The lowest BCUT2D eigenvalue weighted by Gasteiger charge is -2.49.